The van der Waals surface area contributed by atoms with Gasteiger partial charge in [0.2, 0.25) is 0 Å². The molecule has 2 fully saturated rings. The molecule has 0 amide bonds. The molecule has 1 N–H and O–H groups in total. The first-order chi connectivity index (χ1) is 8.36. The van der Waals surface area contributed by atoms with E-state index in [1.165, 1.54) is 24.0 Å². The molecule has 2 aliphatic rings. The van der Waals surface area contributed by atoms with Crippen LogP contribution in [0.1, 0.15) is 48.8 Å². The SMILES string of the molecule is OC(c1ccccc1C1CC1)C1CCOCC1. The second kappa shape index (κ2) is 4.79. The fraction of sp³-hybridized carbons (Fsp3) is 0.600. The van der Waals surface area contributed by atoms with Crippen LogP contribution in [0, 0.1) is 5.92 Å². The van der Waals surface area contributed by atoms with E-state index in [1.54, 1.807) is 0 Å². The van der Waals surface area contributed by atoms with Crippen LogP contribution in [0.15, 0.2) is 24.3 Å². The van der Waals surface area contributed by atoms with Crippen molar-refractivity contribution in [1.29, 1.82) is 0 Å². The van der Waals surface area contributed by atoms with Crippen molar-refractivity contribution < 1.29 is 9.84 Å². The maximum Gasteiger partial charge on any atom is 0.0822 e. The maximum absolute atomic E-state index is 10.5. The lowest BCUT2D eigenvalue weighted by Gasteiger charge is -2.28. The first-order valence-corrected chi connectivity index (χ1v) is 6.71. The monoisotopic (exact) mass is 232 g/mol. The van der Waals surface area contributed by atoms with Gasteiger partial charge in [0.25, 0.3) is 0 Å². The van der Waals surface area contributed by atoms with Gasteiger partial charge in [-0.05, 0) is 48.6 Å². The van der Waals surface area contributed by atoms with Gasteiger partial charge < -0.3 is 9.84 Å². The second-order valence-electron chi connectivity index (χ2n) is 5.30. The van der Waals surface area contributed by atoms with E-state index in [-0.39, 0.29) is 6.10 Å². The Morgan fingerprint density at radius 1 is 1.06 bits per heavy atom. The van der Waals surface area contributed by atoms with Gasteiger partial charge in [0.1, 0.15) is 0 Å². The average molecular weight is 232 g/mol. The number of aliphatic hydroxyl groups excluding tert-OH is 1. The summed E-state index contributed by atoms with van der Waals surface area (Å²) in [5.41, 5.74) is 2.55. The first-order valence-electron chi connectivity index (χ1n) is 6.71. The van der Waals surface area contributed by atoms with E-state index in [0.717, 1.165) is 26.1 Å². The van der Waals surface area contributed by atoms with Crippen LogP contribution in [-0.2, 0) is 4.74 Å². The Morgan fingerprint density at radius 2 is 1.76 bits per heavy atom. The van der Waals surface area contributed by atoms with Gasteiger partial charge in [-0.1, -0.05) is 24.3 Å². The van der Waals surface area contributed by atoms with Gasteiger partial charge in [0, 0.05) is 13.2 Å². The third kappa shape index (κ3) is 2.38. The smallest absolute Gasteiger partial charge is 0.0822 e. The number of hydrogen-bond acceptors (Lipinski definition) is 2. The van der Waals surface area contributed by atoms with Crippen molar-refractivity contribution in [2.45, 2.75) is 37.7 Å². The summed E-state index contributed by atoms with van der Waals surface area (Å²) in [6, 6.07) is 8.43. The normalized spacial score (nSPS) is 23.6. The summed E-state index contributed by atoms with van der Waals surface area (Å²) >= 11 is 0. The summed E-state index contributed by atoms with van der Waals surface area (Å²) in [7, 11) is 0. The zero-order valence-electron chi connectivity index (χ0n) is 10.1. The van der Waals surface area contributed by atoms with E-state index in [2.05, 4.69) is 18.2 Å². The van der Waals surface area contributed by atoms with Gasteiger partial charge in [0.15, 0.2) is 0 Å². The molecule has 2 nitrogen and oxygen atoms in total. The molecule has 1 aliphatic carbocycles. The summed E-state index contributed by atoms with van der Waals surface area (Å²) in [5, 5.41) is 10.5. The predicted molar refractivity (Wildman–Crippen MR) is 66.9 cm³/mol. The molecule has 0 aromatic heterocycles. The minimum atomic E-state index is -0.296. The minimum absolute atomic E-state index is 0.296. The van der Waals surface area contributed by atoms with Crippen molar-refractivity contribution in [2.75, 3.05) is 13.2 Å². The Bertz CT molecular complexity index is 378. The molecule has 0 radical (unpaired) electrons. The molecule has 3 rings (SSSR count). The van der Waals surface area contributed by atoms with E-state index in [1.807, 2.05) is 6.07 Å². The Kier molecular flexibility index (Phi) is 3.17. The van der Waals surface area contributed by atoms with Crippen molar-refractivity contribution in [1.82, 2.24) is 0 Å². The third-order valence-corrected chi connectivity index (χ3v) is 4.04. The maximum atomic E-state index is 10.5. The zero-order valence-corrected chi connectivity index (χ0v) is 10.1. The highest BCUT2D eigenvalue weighted by molar-refractivity contribution is 5.35. The summed E-state index contributed by atoms with van der Waals surface area (Å²) in [6.45, 7) is 1.60. The molecule has 1 heterocycles. The summed E-state index contributed by atoms with van der Waals surface area (Å²) < 4.78 is 5.36. The van der Waals surface area contributed by atoms with E-state index in [9.17, 15) is 5.11 Å². The first kappa shape index (κ1) is 11.2. The molecule has 1 atom stereocenters. The molecule has 1 aliphatic heterocycles. The molecule has 0 bridgehead atoms. The molecule has 1 saturated heterocycles. The molecule has 17 heavy (non-hydrogen) atoms. The number of ether oxygens (including phenoxy) is 1. The highest BCUT2D eigenvalue weighted by atomic mass is 16.5. The topological polar surface area (TPSA) is 29.5 Å². The van der Waals surface area contributed by atoms with Gasteiger partial charge in [-0.25, -0.2) is 0 Å². The van der Waals surface area contributed by atoms with Crippen LogP contribution in [0.2, 0.25) is 0 Å². The fourth-order valence-corrected chi connectivity index (χ4v) is 2.83. The van der Waals surface area contributed by atoms with E-state index in [4.69, 9.17) is 4.74 Å². The van der Waals surface area contributed by atoms with Crippen LogP contribution in [-0.4, -0.2) is 18.3 Å². The zero-order chi connectivity index (χ0) is 11.7. The molecule has 1 saturated carbocycles. The van der Waals surface area contributed by atoms with Crippen LogP contribution in [0.5, 0.6) is 0 Å². The van der Waals surface area contributed by atoms with Crippen LogP contribution in [0.3, 0.4) is 0 Å². The van der Waals surface area contributed by atoms with Crippen LogP contribution in [0.4, 0.5) is 0 Å². The number of hydrogen-bond donors (Lipinski definition) is 1. The van der Waals surface area contributed by atoms with Gasteiger partial charge in [0.05, 0.1) is 6.10 Å². The molecular weight excluding hydrogens is 212 g/mol. The van der Waals surface area contributed by atoms with Crippen LogP contribution >= 0.6 is 0 Å². The highest BCUT2D eigenvalue weighted by Crippen LogP contribution is 2.44. The number of benzene rings is 1. The second-order valence-corrected chi connectivity index (χ2v) is 5.30. The van der Waals surface area contributed by atoms with Crippen molar-refractivity contribution in [3.05, 3.63) is 35.4 Å². The van der Waals surface area contributed by atoms with Gasteiger partial charge in [-0.2, -0.15) is 0 Å². The van der Waals surface area contributed by atoms with E-state index >= 15 is 0 Å². The molecule has 1 aromatic rings. The summed E-state index contributed by atoms with van der Waals surface area (Å²) in [4.78, 5) is 0. The van der Waals surface area contributed by atoms with Gasteiger partial charge >= 0.3 is 0 Å². The van der Waals surface area contributed by atoms with Crippen LogP contribution in [0.25, 0.3) is 0 Å². The standard InChI is InChI=1S/C15H20O2/c16-15(12-7-9-17-10-8-12)14-4-2-1-3-13(14)11-5-6-11/h1-4,11-12,15-16H,5-10H2. The van der Waals surface area contributed by atoms with Crippen LogP contribution < -0.4 is 0 Å². The molecule has 2 heteroatoms. The van der Waals surface area contributed by atoms with Crippen molar-refractivity contribution in [2.24, 2.45) is 5.92 Å². The lowest BCUT2D eigenvalue weighted by atomic mass is 9.86. The van der Waals surface area contributed by atoms with Crippen molar-refractivity contribution in [3.8, 4) is 0 Å². The number of rotatable bonds is 3. The number of aliphatic hydroxyl groups is 1. The Morgan fingerprint density at radius 3 is 2.47 bits per heavy atom. The minimum Gasteiger partial charge on any atom is -0.388 e. The fourth-order valence-electron chi connectivity index (χ4n) is 2.83. The molecule has 0 spiro atoms. The third-order valence-electron chi connectivity index (χ3n) is 4.04. The molecule has 1 aromatic carbocycles. The molecule has 92 valence electrons. The Hall–Kier alpha value is -0.860. The lowest BCUT2D eigenvalue weighted by Crippen LogP contribution is -2.22. The summed E-state index contributed by atoms with van der Waals surface area (Å²) in [6.07, 6.45) is 4.26. The molecular formula is C15H20O2. The predicted octanol–water partition coefficient (Wildman–Crippen LogP) is 3.02. The Labute approximate surface area is 103 Å². The van der Waals surface area contributed by atoms with Crippen molar-refractivity contribution in [3.63, 3.8) is 0 Å². The quantitative estimate of drug-likeness (QED) is 0.868. The highest BCUT2D eigenvalue weighted by Gasteiger charge is 2.30. The average Bonchev–Trinajstić information content (AvgIpc) is 3.23. The van der Waals surface area contributed by atoms with E-state index in [0.29, 0.717) is 11.8 Å². The van der Waals surface area contributed by atoms with Gasteiger partial charge in [-0.15, -0.1) is 0 Å². The summed E-state index contributed by atoms with van der Waals surface area (Å²) in [5.74, 6) is 1.09. The van der Waals surface area contributed by atoms with Gasteiger partial charge in [-0.3, -0.25) is 0 Å². The molecule has 1 unspecified atom stereocenters. The van der Waals surface area contributed by atoms with Crippen molar-refractivity contribution >= 4 is 0 Å². The Balaban J connectivity index is 1.81. The largest absolute Gasteiger partial charge is 0.388 e. The van der Waals surface area contributed by atoms with E-state index < -0.39 is 0 Å². The lowest BCUT2D eigenvalue weighted by molar-refractivity contribution is 0.00686.